The van der Waals surface area contributed by atoms with E-state index in [4.69, 9.17) is 4.84 Å². The predicted molar refractivity (Wildman–Crippen MR) is 106 cm³/mol. The van der Waals surface area contributed by atoms with Crippen molar-refractivity contribution in [2.45, 2.75) is 12.8 Å². The number of para-hydroxylation sites is 1. The number of rotatable bonds is 0. The third kappa shape index (κ3) is 1.81. The van der Waals surface area contributed by atoms with Gasteiger partial charge < -0.3 is 4.84 Å². The fourth-order valence-corrected chi connectivity index (χ4v) is 4.50. The molecule has 4 aromatic carbocycles. The Morgan fingerprint density at radius 3 is 2.15 bits per heavy atom. The van der Waals surface area contributed by atoms with E-state index < -0.39 is 0 Å². The van der Waals surface area contributed by atoms with E-state index in [1.54, 1.807) is 0 Å². The second-order valence-electron chi connectivity index (χ2n) is 7.08. The Morgan fingerprint density at radius 1 is 0.654 bits per heavy atom. The lowest BCUT2D eigenvalue weighted by molar-refractivity contribution is 0.401. The molecule has 1 aliphatic carbocycles. The Bertz CT molecular complexity index is 1190. The molecule has 0 bridgehead atoms. The first kappa shape index (κ1) is 14.0. The Morgan fingerprint density at radius 2 is 1.31 bits per heavy atom. The van der Waals surface area contributed by atoms with Gasteiger partial charge in [-0.15, -0.1) is 0 Å². The molecule has 1 aliphatic heterocycles. The predicted octanol–water partition coefficient (Wildman–Crippen LogP) is 5.72. The summed E-state index contributed by atoms with van der Waals surface area (Å²) in [4.78, 5) is 5.90. The van der Waals surface area contributed by atoms with Gasteiger partial charge in [-0.2, -0.15) is 0 Å². The standard InChI is InChI=1S/C24H17NO/c1-2-8-16-14-21-20(13-15(16)7-1)17-9-3-4-10-18(17)23-19-11-5-6-12-22(19)26-25-24(21)23/h1-12,25H,13-14H2. The van der Waals surface area contributed by atoms with Crippen molar-refractivity contribution in [1.29, 1.82) is 0 Å². The maximum absolute atomic E-state index is 5.90. The molecule has 2 heteroatoms. The highest BCUT2D eigenvalue weighted by Crippen LogP contribution is 2.48. The van der Waals surface area contributed by atoms with E-state index >= 15 is 0 Å². The molecule has 0 spiro atoms. The van der Waals surface area contributed by atoms with E-state index in [1.165, 1.54) is 44.2 Å². The zero-order chi connectivity index (χ0) is 17.1. The van der Waals surface area contributed by atoms with E-state index in [0.717, 1.165) is 24.3 Å². The minimum absolute atomic E-state index is 0.890. The summed E-state index contributed by atoms with van der Waals surface area (Å²) in [7, 11) is 0. The molecule has 0 fully saturated rings. The van der Waals surface area contributed by atoms with Gasteiger partial charge in [-0.05, 0) is 45.5 Å². The molecule has 0 unspecified atom stereocenters. The summed E-state index contributed by atoms with van der Waals surface area (Å²) in [6.07, 6.45) is 1.92. The van der Waals surface area contributed by atoms with Crippen molar-refractivity contribution in [3.05, 3.63) is 95.1 Å². The van der Waals surface area contributed by atoms with E-state index in [2.05, 4.69) is 66.1 Å². The molecule has 1 N–H and O–H groups in total. The summed E-state index contributed by atoms with van der Waals surface area (Å²) in [5.74, 6) is 0.890. The molecule has 4 aromatic rings. The molecule has 0 aromatic heterocycles. The molecule has 6 rings (SSSR count). The molecular formula is C24H17NO. The topological polar surface area (TPSA) is 21.3 Å². The summed E-state index contributed by atoms with van der Waals surface area (Å²) >= 11 is 0. The average Bonchev–Trinajstić information content (AvgIpc) is 2.72. The largest absolute Gasteiger partial charge is 0.381 e. The third-order valence-electron chi connectivity index (χ3n) is 5.71. The van der Waals surface area contributed by atoms with Crippen LogP contribution in [-0.2, 0) is 12.8 Å². The fourth-order valence-electron chi connectivity index (χ4n) is 4.50. The summed E-state index contributed by atoms with van der Waals surface area (Å²) in [5.41, 5.74) is 12.5. The van der Waals surface area contributed by atoms with E-state index in [9.17, 15) is 0 Å². The minimum Gasteiger partial charge on any atom is -0.381 e. The van der Waals surface area contributed by atoms with Gasteiger partial charge in [0.15, 0.2) is 5.75 Å². The molecule has 0 amide bonds. The van der Waals surface area contributed by atoms with Crippen molar-refractivity contribution in [1.82, 2.24) is 0 Å². The minimum atomic E-state index is 0.890. The van der Waals surface area contributed by atoms with Gasteiger partial charge in [-0.3, -0.25) is 0 Å². The van der Waals surface area contributed by atoms with Gasteiger partial charge in [0.1, 0.15) is 0 Å². The van der Waals surface area contributed by atoms with Crippen LogP contribution in [-0.4, -0.2) is 0 Å². The van der Waals surface area contributed by atoms with Gasteiger partial charge in [0.2, 0.25) is 0 Å². The lowest BCUT2D eigenvalue weighted by Gasteiger charge is -2.30. The highest BCUT2D eigenvalue weighted by atomic mass is 16.6. The molecule has 26 heavy (non-hydrogen) atoms. The van der Waals surface area contributed by atoms with Crippen molar-refractivity contribution >= 4 is 16.5 Å². The van der Waals surface area contributed by atoms with Crippen LogP contribution in [0.4, 0.5) is 5.69 Å². The molecule has 0 saturated carbocycles. The Hall–Kier alpha value is -3.26. The lowest BCUT2D eigenvalue weighted by atomic mass is 9.79. The van der Waals surface area contributed by atoms with Crippen LogP contribution in [0.25, 0.3) is 21.9 Å². The number of fused-ring (bicyclic) bond motifs is 9. The third-order valence-corrected chi connectivity index (χ3v) is 5.71. The van der Waals surface area contributed by atoms with Crippen molar-refractivity contribution < 1.29 is 4.84 Å². The van der Waals surface area contributed by atoms with Gasteiger partial charge in [0.25, 0.3) is 0 Å². The smallest absolute Gasteiger partial charge is 0.162 e. The quantitative estimate of drug-likeness (QED) is 0.391. The van der Waals surface area contributed by atoms with Gasteiger partial charge in [0.05, 0.1) is 5.69 Å². The fraction of sp³-hybridized carbons (Fsp3) is 0.0833. The molecular weight excluding hydrogens is 318 g/mol. The van der Waals surface area contributed by atoms with E-state index in [1.807, 2.05) is 12.1 Å². The van der Waals surface area contributed by atoms with E-state index in [0.29, 0.717) is 0 Å². The summed E-state index contributed by atoms with van der Waals surface area (Å²) in [6, 6.07) is 25.8. The molecule has 2 nitrogen and oxygen atoms in total. The molecule has 2 aliphatic rings. The molecule has 0 radical (unpaired) electrons. The van der Waals surface area contributed by atoms with Gasteiger partial charge in [-0.25, -0.2) is 5.48 Å². The molecule has 0 atom stereocenters. The zero-order valence-corrected chi connectivity index (χ0v) is 14.3. The van der Waals surface area contributed by atoms with Crippen LogP contribution in [0.3, 0.4) is 0 Å². The number of hydrogen-bond acceptors (Lipinski definition) is 2. The Kier molecular flexibility index (Phi) is 2.75. The van der Waals surface area contributed by atoms with Gasteiger partial charge >= 0.3 is 0 Å². The first-order chi connectivity index (χ1) is 12.9. The number of hydrogen-bond donors (Lipinski definition) is 1. The van der Waals surface area contributed by atoms with Crippen LogP contribution in [0.1, 0.15) is 22.3 Å². The van der Waals surface area contributed by atoms with Crippen LogP contribution < -0.4 is 10.3 Å². The summed E-state index contributed by atoms with van der Waals surface area (Å²) < 4.78 is 0. The summed E-state index contributed by atoms with van der Waals surface area (Å²) in [6.45, 7) is 0. The van der Waals surface area contributed by atoms with Gasteiger partial charge in [-0.1, -0.05) is 66.7 Å². The second kappa shape index (κ2) is 5.12. The van der Waals surface area contributed by atoms with E-state index in [-0.39, 0.29) is 0 Å². The summed E-state index contributed by atoms with van der Waals surface area (Å²) in [5, 5.41) is 2.65. The zero-order valence-electron chi connectivity index (χ0n) is 14.3. The number of benzene rings is 4. The van der Waals surface area contributed by atoms with Crippen LogP contribution >= 0.6 is 0 Å². The highest BCUT2D eigenvalue weighted by Gasteiger charge is 2.28. The number of anilines is 1. The van der Waals surface area contributed by atoms with Gasteiger partial charge in [0, 0.05) is 17.5 Å². The highest BCUT2D eigenvalue weighted by molar-refractivity contribution is 6.08. The van der Waals surface area contributed by atoms with Crippen LogP contribution in [0, 0.1) is 0 Å². The lowest BCUT2D eigenvalue weighted by Crippen LogP contribution is -2.18. The van der Waals surface area contributed by atoms with Crippen molar-refractivity contribution in [3.8, 4) is 16.9 Å². The van der Waals surface area contributed by atoms with Crippen LogP contribution in [0.2, 0.25) is 0 Å². The maximum atomic E-state index is 5.90. The van der Waals surface area contributed by atoms with Crippen LogP contribution in [0.5, 0.6) is 5.75 Å². The molecule has 0 saturated heterocycles. The molecule has 1 heterocycles. The van der Waals surface area contributed by atoms with Crippen LogP contribution in [0.15, 0.2) is 72.8 Å². The molecule has 124 valence electrons. The maximum Gasteiger partial charge on any atom is 0.162 e. The van der Waals surface area contributed by atoms with Crippen molar-refractivity contribution in [2.24, 2.45) is 0 Å². The number of nitrogens with one attached hydrogen (secondary N) is 1. The second-order valence-corrected chi connectivity index (χ2v) is 7.08. The first-order valence-corrected chi connectivity index (χ1v) is 9.05. The van der Waals surface area contributed by atoms with Crippen molar-refractivity contribution in [3.63, 3.8) is 0 Å². The Balaban J connectivity index is 1.73. The normalized spacial score (nSPS) is 13.7. The Labute approximate surface area is 152 Å². The van der Waals surface area contributed by atoms with Crippen molar-refractivity contribution in [2.75, 3.05) is 5.48 Å². The SMILES string of the molecule is c1ccc2c(c1)Cc1c3c(c4ccccc4c1C2)-c1ccccc1ON3. The first-order valence-electron chi connectivity index (χ1n) is 9.05. The average molecular weight is 335 g/mol. The monoisotopic (exact) mass is 335 g/mol.